The number of hydrogen-bond acceptors (Lipinski definition) is 6. The highest BCUT2D eigenvalue weighted by molar-refractivity contribution is 5.90. The van der Waals surface area contributed by atoms with E-state index in [4.69, 9.17) is 9.47 Å². The first-order valence-electron chi connectivity index (χ1n) is 6.09. The molecule has 1 aliphatic rings. The SMILES string of the molecule is CCOC(=O)c1cnc(OC2CCNC2)nc1C. The largest absolute Gasteiger partial charge is 0.462 e. The summed E-state index contributed by atoms with van der Waals surface area (Å²) in [6, 6.07) is 0.314. The Bertz CT molecular complexity index is 431. The number of aryl methyl sites for hydroxylation is 1. The normalized spacial score (nSPS) is 18.7. The number of carbonyl (C=O) groups is 1. The van der Waals surface area contributed by atoms with Crippen LogP contribution < -0.4 is 10.1 Å². The molecule has 0 amide bonds. The fraction of sp³-hybridized carbons (Fsp3) is 0.583. The molecule has 18 heavy (non-hydrogen) atoms. The van der Waals surface area contributed by atoms with Crippen LogP contribution in [0.5, 0.6) is 6.01 Å². The summed E-state index contributed by atoms with van der Waals surface area (Å²) < 4.78 is 10.5. The van der Waals surface area contributed by atoms with Crippen LogP contribution in [0.25, 0.3) is 0 Å². The summed E-state index contributed by atoms with van der Waals surface area (Å²) in [6.07, 6.45) is 2.51. The third-order valence-corrected chi connectivity index (χ3v) is 2.74. The van der Waals surface area contributed by atoms with Crippen LogP contribution in [-0.2, 0) is 4.74 Å². The fourth-order valence-electron chi connectivity index (χ4n) is 1.79. The van der Waals surface area contributed by atoms with Gasteiger partial charge >= 0.3 is 12.0 Å². The van der Waals surface area contributed by atoms with Crippen molar-refractivity contribution in [2.75, 3.05) is 19.7 Å². The average molecular weight is 251 g/mol. The predicted molar refractivity (Wildman–Crippen MR) is 64.6 cm³/mol. The fourth-order valence-corrected chi connectivity index (χ4v) is 1.79. The molecule has 1 fully saturated rings. The van der Waals surface area contributed by atoms with Crippen molar-refractivity contribution >= 4 is 5.97 Å². The first-order valence-corrected chi connectivity index (χ1v) is 6.09. The molecule has 0 saturated carbocycles. The maximum Gasteiger partial charge on any atom is 0.341 e. The summed E-state index contributed by atoms with van der Waals surface area (Å²) in [4.78, 5) is 19.8. The summed E-state index contributed by atoms with van der Waals surface area (Å²) in [5.41, 5.74) is 0.957. The van der Waals surface area contributed by atoms with Gasteiger partial charge in [0.05, 0.1) is 17.9 Å². The van der Waals surface area contributed by atoms with Crippen molar-refractivity contribution < 1.29 is 14.3 Å². The van der Waals surface area contributed by atoms with E-state index in [0.29, 0.717) is 23.9 Å². The van der Waals surface area contributed by atoms with Crippen molar-refractivity contribution in [3.8, 4) is 6.01 Å². The summed E-state index contributed by atoms with van der Waals surface area (Å²) in [5.74, 6) is -0.399. The van der Waals surface area contributed by atoms with Crippen molar-refractivity contribution in [3.05, 3.63) is 17.5 Å². The highest BCUT2D eigenvalue weighted by Crippen LogP contribution is 2.13. The van der Waals surface area contributed by atoms with Crippen molar-refractivity contribution in [3.63, 3.8) is 0 Å². The van der Waals surface area contributed by atoms with Gasteiger partial charge in [-0.2, -0.15) is 4.98 Å². The zero-order valence-corrected chi connectivity index (χ0v) is 10.6. The minimum Gasteiger partial charge on any atom is -0.462 e. The Labute approximate surface area is 106 Å². The molecule has 0 radical (unpaired) electrons. The van der Waals surface area contributed by atoms with E-state index in [-0.39, 0.29) is 6.10 Å². The number of nitrogens with zero attached hydrogens (tertiary/aromatic N) is 2. The van der Waals surface area contributed by atoms with Gasteiger partial charge in [0.1, 0.15) is 6.10 Å². The minimum absolute atomic E-state index is 0.109. The van der Waals surface area contributed by atoms with Crippen LogP contribution >= 0.6 is 0 Å². The molecule has 0 spiro atoms. The van der Waals surface area contributed by atoms with Gasteiger partial charge in [0.15, 0.2) is 0 Å². The molecule has 0 aromatic carbocycles. The van der Waals surface area contributed by atoms with Gasteiger partial charge in [0, 0.05) is 12.7 Å². The zero-order chi connectivity index (χ0) is 13.0. The van der Waals surface area contributed by atoms with E-state index in [2.05, 4.69) is 15.3 Å². The van der Waals surface area contributed by atoms with Gasteiger partial charge in [-0.3, -0.25) is 0 Å². The second kappa shape index (κ2) is 5.77. The molecule has 0 bridgehead atoms. The molecule has 1 unspecified atom stereocenters. The lowest BCUT2D eigenvalue weighted by atomic mass is 10.2. The Kier molecular flexibility index (Phi) is 4.09. The number of rotatable bonds is 4. The van der Waals surface area contributed by atoms with Gasteiger partial charge in [-0.1, -0.05) is 0 Å². The van der Waals surface area contributed by atoms with Crippen LogP contribution in [0, 0.1) is 6.92 Å². The molecular formula is C12H17N3O3. The molecule has 2 rings (SSSR count). The molecular weight excluding hydrogens is 234 g/mol. The van der Waals surface area contributed by atoms with E-state index < -0.39 is 5.97 Å². The number of esters is 1. The average Bonchev–Trinajstić information content (AvgIpc) is 2.82. The molecule has 1 aromatic rings. The molecule has 1 N–H and O–H groups in total. The van der Waals surface area contributed by atoms with Crippen molar-refractivity contribution in [1.29, 1.82) is 0 Å². The van der Waals surface area contributed by atoms with Crippen LogP contribution in [0.4, 0.5) is 0 Å². The molecule has 98 valence electrons. The van der Waals surface area contributed by atoms with Crippen molar-refractivity contribution in [2.24, 2.45) is 0 Å². The van der Waals surface area contributed by atoms with E-state index in [9.17, 15) is 4.79 Å². The van der Waals surface area contributed by atoms with E-state index >= 15 is 0 Å². The zero-order valence-electron chi connectivity index (χ0n) is 10.6. The molecule has 1 atom stereocenters. The van der Waals surface area contributed by atoms with Gasteiger partial charge in [0.25, 0.3) is 0 Å². The Hall–Kier alpha value is -1.69. The maximum atomic E-state index is 11.6. The topological polar surface area (TPSA) is 73.3 Å². The third kappa shape index (κ3) is 2.95. The Morgan fingerprint density at radius 2 is 2.44 bits per heavy atom. The molecule has 1 saturated heterocycles. The van der Waals surface area contributed by atoms with Gasteiger partial charge in [-0.05, 0) is 26.8 Å². The van der Waals surface area contributed by atoms with Crippen LogP contribution in [0.3, 0.4) is 0 Å². The summed E-state index contributed by atoms with van der Waals surface area (Å²) >= 11 is 0. The van der Waals surface area contributed by atoms with Crippen LogP contribution in [-0.4, -0.2) is 41.7 Å². The van der Waals surface area contributed by atoms with Gasteiger partial charge in [-0.25, -0.2) is 9.78 Å². The number of nitrogens with one attached hydrogen (secondary N) is 1. The highest BCUT2D eigenvalue weighted by Gasteiger charge is 2.18. The second-order valence-corrected chi connectivity index (χ2v) is 4.10. The van der Waals surface area contributed by atoms with Crippen molar-refractivity contribution in [1.82, 2.24) is 15.3 Å². The predicted octanol–water partition coefficient (Wildman–Crippen LogP) is 0.702. The van der Waals surface area contributed by atoms with Crippen LogP contribution in [0.2, 0.25) is 0 Å². The first-order chi connectivity index (χ1) is 8.70. The Morgan fingerprint density at radius 1 is 1.61 bits per heavy atom. The third-order valence-electron chi connectivity index (χ3n) is 2.74. The standard InChI is InChI=1S/C12H17N3O3/c1-3-17-11(16)10-7-14-12(15-8(10)2)18-9-4-5-13-6-9/h7,9,13H,3-6H2,1-2H3. The minimum atomic E-state index is -0.399. The monoisotopic (exact) mass is 251 g/mol. The smallest absolute Gasteiger partial charge is 0.341 e. The molecule has 1 aliphatic heterocycles. The molecule has 0 aliphatic carbocycles. The Morgan fingerprint density at radius 3 is 3.06 bits per heavy atom. The number of hydrogen-bond donors (Lipinski definition) is 1. The number of ether oxygens (including phenoxy) is 2. The lowest BCUT2D eigenvalue weighted by Gasteiger charge is -2.11. The Balaban J connectivity index is 2.06. The summed E-state index contributed by atoms with van der Waals surface area (Å²) in [5, 5.41) is 3.20. The van der Waals surface area contributed by atoms with E-state index in [1.165, 1.54) is 6.20 Å². The van der Waals surface area contributed by atoms with E-state index in [0.717, 1.165) is 19.5 Å². The van der Waals surface area contributed by atoms with E-state index in [1.807, 2.05) is 0 Å². The number of aromatic nitrogens is 2. The quantitative estimate of drug-likeness (QED) is 0.794. The van der Waals surface area contributed by atoms with Crippen LogP contribution in [0.15, 0.2) is 6.20 Å². The molecule has 6 nitrogen and oxygen atoms in total. The molecule has 6 heteroatoms. The van der Waals surface area contributed by atoms with Crippen molar-refractivity contribution in [2.45, 2.75) is 26.4 Å². The van der Waals surface area contributed by atoms with Gasteiger partial charge in [-0.15, -0.1) is 0 Å². The second-order valence-electron chi connectivity index (χ2n) is 4.10. The maximum absolute atomic E-state index is 11.6. The molecule has 2 heterocycles. The van der Waals surface area contributed by atoms with Crippen LogP contribution in [0.1, 0.15) is 29.4 Å². The summed E-state index contributed by atoms with van der Waals surface area (Å²) in [6.45, 7) is 5.60. The number of carbonyl (C=O) groups excluding carboxylic acids is 1. The van der Waals surface area contributed by atoms with Gasteiger partial charge < -0.3 is 14.8 Å². The molecule has 1 aromatic heterocycles. The lowest BCUT2D eigenvalue weighted by molar-refractivity contribution is 0.0524. The summed E-state index contributed by atoms with van der Waals surface area (Å²) in [7, 11) is 0. The van der Waals surface area contributed by atoms with Gasteiger partial charge in [0.2, 0.25) is 0 Å². The highest BCUT2D eigenvalue weighted by atomic mass is 16.5. The van der Waals surface area contributed by atoms with E-state index in [1.54, 1.807) is 13.8 Å². The lowest BCUT2D eigenvalue weighted by Crippen LogP contribution is -2.21. The first kappa shape index (κ1) is 12.8.